The number of amides is 1. The standard InChI is InChI=1S/C20H20F3N5O6/c1-2-28-7-13(6-25-28)33-16-9-27(8-15(16)29)19(30)14-10-32-18(26-14)11-31-12-3-4-17(24-5-12)34-20(21,22)23/h3-7,10,15-16,29H,2,8-9,11H2,1H3/t15-,16-/m0/s1. The van der Waals surface area contributed by atoms with Crippen molar-refractivity contribution in [2.75, 3.05) is 13.1 Å². The summed E-state index contributed by atoms with van der Waals surface area (Å²) < 4.78 is 58.2. The minimum Gasteiger partial charge on any atom is -0.482 e. The molecule has 11 nitrogen and oxygen atoms in total. The molecule has 1 aliphatic heterocycles. The highest BCUT2D eigenvalue weighted by Crippen LogP contribution is 2.23. The van der Waals surface area contributed by atoms with E-state index in [0.29, 0.717) is 12.3 Å². The summed E-state index contributed by atoms with van der Waals surface area (Å²) >= 11 is 0. The molecule has 0 spiro atoms. The van der Waals surface area contributed by atoms with Crippen molar-refractivity contribution in [2.45, 2.75) is 38.6 Å². The summed E-state index contributed by atoms with van der Waals surface area (Å²) in [7, 11) is 0. The highest BCUT2D eigenvalue weighted by molar-refractivity contribution is 5.92. The molecule has 0 unspecified atom stereocenters. The summed E-state index contributed by atoms with van der Waals surface area (Å²) in [4.78, 5) is 21.7. The number of halogens is 3. The second-order valence-electron chi connectivity index (χ2n) is 7.26. The van der Waals surface area contributed by atoms with E-state index in [4.69, 9.17) is 13.9 Å². The largest absolute Gasteiger partial charge is 0.574 e. The Morgan fingerprint density at radius 3 is 2.76 bits per heavy atom. The first-order valence-electron chi connectivity index (χ1n) is 10.2. The van der Waals surface area contributed by atoms with Gasteiger partial charge < -0.3 is 28.6 Å². The minimum atomic E-state index is -4.84. The van der Waals surface area contributed by atoms with Crippen molar-refractivity contribution in [2.24, 2.45) is 0 Å². The van der Waals surface area contributed by atoms with Gasteiger partial charge >= 0.3 is 6.36 Å². The number of likely N-dealkylation sites (tertiary alicyclic amines) is 1. The Hall–Kier alpha value is -3.81. The summed E-state index contributed by atoms with van der Waals surface area (Å²) in [6.07, 6.45) is -0.904. The molecule has 1 fully saturated rings. The fourth-order valence-electron chi connectivity index (χ4n) is 3.21. The van der Waals surface area contributed by atoms with Gasteiger partial charge in [-0.25, -0.2) is 9.97 Å². The van der Waals surface area contributed by atoms with Crippen LogP contribution in [0.1, 0.15) is 23.3 Å². The molecule has 4 heterocycles. The average molecular weight is 483 g/mol. The van der Waals surface area contributed by atoms with Gasteiger partial charge in [-0.2, -0.15) is 5.10 Å². The van der Waals surface area contributed by atoms with Crippen molar-refractivity contribution < 1.29 is 41.7 Å². The predicted octanol–water partition coefficient (Wildman–Crippen LogP) is 2.03. The van der Waals surface area contributed by atoms with Crippen molar-refractivity contribution in [1.82, 2.24) is 24.6 Å². The van der Waals surface area contributed by atoms with Gasteiger partial charge in [0.25, 0.3) is 5.91 Å². The Balaban J connectivity index is 1.30. The van der Waals surface area contributed by atoms with Crippen molar-refractivity contribution in [1.29, 1.82) is 0 Å². The van der Waals surface area contributed by atoms with Gasteiger partial charge in [-0.15, -0.1) is 13.2 Å². The van der Waals surface area contributed by atoms with E-state index in [2.05, 4.69) is 19.8 Å². The predicted molar refractivity (Wildman–Crippen MR) is 106 cm³/mol. The number of β-amino-alcohol motifs (C(OH)–C–C–N with tert-alkyl or cyclic N) is 1. The number of alkyl halides is 3. The Kier molecular flexibility index (Phi) is 6.58. The lowest BCUT2D eigenvalue weighted by atomic mass is 10.3. The normalized spacial score (nSPS) is 18.2. The number of hydrogen-bond donors (Lipinski definition) is 1. The van der Waals surface area contributed by atoms with Gasteiger partial charge in [0.05, 0.1) is 31.7 Å². The average Bonchev–Trinajstić information content (AvgIpc) is 3.53. The lowest BCUT2D eigenvalue weighted by Crippen LogP contribution is -2.31. The van der Waals surface area contributed by atoms with Crippen LogP contribution in [-0.2, 0) is 13.2 Å². The molecule has 1 amide bonds. The van der Waals surface area contributed by atoms with Crippen molar-refractivity contribution in [3.8, 4) is 17.4 Å². The Morgan fingerprint density at radius 1 is 1.26 bits per heavy atom. The molecule has 1 aliphatic rings. The van der Waals surface area contributed by atoms with E-state index >= 15 is 0 Å². The number of aryl methyl sites for hydroxylation is 1. The molecule has 3 aromatic heterocycles. The number of nitrogens with zero attached hydrogens (tertiary/aromatic N) is 5. The number of carbonyl (C=O) groups excluding carboxylic acids is 1. The molecule has 0 bridgehead atoms. The number of aromatic nitrogens is 4. The molecule has 1 saturated heterocycles. The molecule has 34 heavy (non-hydrogen) atoms. The van der Waals surface area contributed by atoms with Crippen molar-refractivity contribution >= 4 is 5.91 Å². The molecule has 4 rings (SSSR count). The van der Waals surface area contributed by atoms with Crippen molar-refractivity contribution in [3.63, 3.8) is 0 Å². The highest BCUT2D eigenvalue weighted by atomic mass is 19.4. The van der Waals surface area contributed by atoms with Gasteiger partial charge in [0, 0.05) is 12.6 Å². The molecule has 0 saturated carbocycles. The second kappa shape index (κ2) is 9.59. The van der Waals surface area contributed by atoms with Gasteiger partial charge in [-0.1, -0.05) is 0 Å². The van der Waals surface area contributed by atoms with Gasteiger partial charge in [0.1, 0.15) is 24.2 Å². The zero-order chi connectivity index (χ0) is 24.3. The van der Waals surface area contributed by atoms with Crippen LogP contribution in [0.5, 0.6) is 17.4 Å². The molecule has 1 N–H and O–H groups in total. The fraction of sp³-hybridized carbons (Fsp3) is 0.400. The van der Waals surface area contributed by atoms with Crippen LogP contribution in [0, 0.1) is 0 Å². The molecular weight excluding hydrogens is 463 g/mol. The van der Waals surface area contributed by atoms with E-state index < -0.39 is 30.4 Å². The first kappa shape index (κ1) is 23.4. The minimum absolute atomic E-state index is 0.0114. The smallest absolute Gasteiger partial charge is 0.482 e. The van der Waals surface area contributed by atoms with E-state index in [9.17, 15) is 23.1 Å². The zero-order valence-electron chi connectivity index (χ0n) is 17.8. The summed E-state index contributed by atoms with van der Waals surface area (Å²) in [5, 5.41) is 14.4. The lowest BCUT2D eigenvalue weighted by molar-refractivity contribution is -0.276. The number of aliphatic hydroxyl groups is 1. The maximum atomic E-state index is 12.7. The van der Waals surface area contributed by atoms with Crippen LogP contribution in [-0.4, -0.2) is 67.3 Å². The third-order valence-corrected chi connectivity index (χ3v) is 4.81. The van der Waals surface area contributed by atoms with E-state index in [0.717, 1.165) is 18.5 Å². The highest BCUT2D eigenvalue weighted by Gasteiger charge is 2.37. The number of aliphatic hydroxyl groups excluding tert-OH is 1. The third kappa shape index (κ3) is 5.75. The summed E-state index contributed by atoms with van der Waals surface area (Å²) in [5.74, 6) is -0.375. The first-order valence-corrected chi connectivity index (χ1v) is 10.2. The Bertz CT molecular complexity index is 1120. The molecular formula is C20H20F3N5O6. The van der Waals surface area contributed by atoms with Crippen LogP contribution < -0.4 is 14.2 Å². The number of pyridine rings is 1. The molecule has 0 aliphatic carbocycles. The molecule has 182 valence electrons. The summed E-state index contributed by atoms with van der Waals surface area (Å²) in [6.45, 7) is 2.62. The second-order valence-corrected chi connectivity index (χ2v) is 7.26. The van der Waals surface area contributed by atoms with Crippen LogP contribution >= 0.6 is 0 Å². The molecule has 14 heteroatoms. The SMILES string of the molecule is CCn1cc(O[C@H]2CN(C(=O)c3coc(COc4ccc(OC(F)(F)F)nc4)n3)C[C@@H]2O)cn1. The van der Waals surface area contributed by atoms with Gasteiger partial charge in [-0.05, 0) is 13.0 Å². The van der Waals surface area contributed by atoms with E-state index in [-0.39, 0.29) is 37.0 Å². The zero-order valence-corrected chi connectivity index (χ0v) is 17.8. The first-order chi connectivity index (χ1) is 16.2. The monoisotopic (exact) mass is 483 g/mol. The quantitative estimate of drug-likeness (QED) is 0.512. The van der Waals surface area contributed by atoms with Crippen LogP contribution in [0.2, 0.25) is 0 Å². The van der Waals surface area contributed by atoms with Crippen LogP contribution in [0.15, 0.2) is 41.4 Å². The van der Waals surface area contributed by atoms with Crippen LogP contribution in [0.25, 0.3) is 0 Å². The molecule has 0 radical (unpaired) electrons. The topological polar surface area (TPSA) is 125 Å². The maximum Gasteiger partial charge on any atom is 0.574 e. The Morgan fingerprint density at radius 2 is 2.09 bits per heavy atom. The summed E-state index contributed by atoms with van der Waals surface area (Å²) in [5.41, 5.74) is 0.0114. The van der Waals surface area contributed by atoms with Gasteiger partial charge in [0.2, 0.25) is 11.8 Å². The van der Waals surface area contributed by atoms with E-state index in [1.165, 1.54) is 17.2 Å². The number of rotatable bonds is 8. The lowest BCUT2D eigenvalue weighted by Gasteiger charge is -2.15. The maximum absolute atomic E-state index is 12.7. The summed E-state index contributed by atoms with van der Waals surface area (Å²) in [6, 6.07) is 2.23. The molecule has 0 aromatic carbocycles. The van der Waals surface area contributed by atoms with Gasteiger partial charge in [-0.3, -0.25) is 9.48 Å². The van der Waals surface area contributed by atoms with E-state index in [1.807, 2.05) is 6.92 Å². The van der Waals surface area contributed by atoms with Crippen LogP contribution in [0.4, 0.5) is 13.2 Å². The number of ether oxygens (including phenoxy) is 3. The van der Waals surface area contributed by atoms with Crippen LogP contribution in [0.3, 0.4) is 0 Å². The van der Waals surface area contributed by atoms with Crippen molar-refractivity contribution in [3.05, 3.63) is 48.6 Å². The number of carbonyl (C=O) groups is 1. The number of hydrogen-bond acceptors (Lipinski definition) is 9. The fourth-order valence-corrected chi connectivity index (χ4v) is 3.21. The molecule has 3 aromatic rings. The Labute approximate surface area is 190 Å². The van der Waals surface area contributed by atoms with E-state index in [1.54, 1.807) is 10.9 Å². The molecule has 2 atom stereocenters. The third-order valence-electron chi connectivity index (χ3n) is 4.81. The van der Waals surface area contributed by atoms with Gasteiger partial charge in [0.15, 0.2) is 18.1 Å². The number of oxazole rings is 1.